The Bertz CT molecular complexity index is 1440. The molecule has 3 N–H and O–H groups in total. The summed E-state index contributed by atoms with van der Waals surface area (Å²) in [6.07, 6.45) is 2.50. The summed E-state index contributed by atoms with van der Waals surface area (Å²) in [6, 6.07) is 30.2. The number of benzene rings is 4. The van der Waals surface area contributed by atoms with Crippen molar-refractivity contribution in [3.05, 3.63) is 120 Å². The third kappa shape index (κ3) is 7.18. The Hall–Kier alpha value is -4.49. The first-order valence-electron chi connectivity index (χ1n) is 14.0. The van der Waals surface area contributed by atoms with Crippen LogP contribution in [0, 0.1) is 5.82 Å². The van der Waals surface area contributed by atoms with Gasteiger partial charge in [-0.3, -0.25) is 9.59 Å². The molecular weight excluding hydrogens is 517 g/mol. The molecule has 2 amide bonds. The SMILES string of the molecule is NCCCC[C@H]1C(=O)N[C@@H](Cc2ccc(Oc3ccc(F)cc3)cc2)C(=O)N1Cc1ccc(-c2ccccc2)cc1. The fourth-order valence-electron chi connectivity index (χ4n) is 5.12. The average molecular weight is 552 g/mol. The highest BCUT2D eigenvalue weighted by molar-refractivity contribution is 5.97. The van der Waals surface area contributed by atoms with E-state index in [2.05, 4.69) is 29.6 Å². The van der Waals surface area contributed by atoms with Crippen LogP contribution in [-0.2, 0) is 22.6 Å². The van der Waals surface area contributed by atoms with Crippen LogP contribution in [0.3, 0.4) is 0 Å². The fraction of sp³-hybridized carbons (Fsp3) is 0.235. The van der Waals surface area contributed by atoms with Crippen molar-refractivity contribution in [2.45, 2.75) is 44.3 Å². The molecule has 7 heteroatoms. The standard InChI is InChI=1S/C34H34FN3O3/c35-28-15-19-30(20-16-28)41-29-17-11-24(12-18-29)22-31-34(40)38(32(33(39)37-31)8-4-5-21-36)23-25-9-13-27(14-10-25)26-6-2-1-3-7-26/h1-3,6-7,9-20,31-32H,4-5,8,21-23,36H2,(H,37,39)/t31-,32-/m0/s1. The number of hydrogen-bond donors (Lipinski definition) is 2. The molecule has 4 aromatic rings. The molecule has 1 aliphatic rings. The predicted octanol–water partition coefficient (Wildman–Crippen LogP) is 5.85. The molecule has 1 aliphatic heterocycles. The maximum atomic E-state index is 13.8. The van der Waals surface area contributed by atoms with Crippen molar-refractivity contribution in [2.75, 3.05) is 6.54 Å². The van der Waals surface area contributed by atoms with Gasteiger partial charge in [-0.2, -0.15) is 0 Å². The number of nitrogens with zero attached hydrogens (tertiary/aromatic N) is 1. The van der Waals surface area contributed by atoms with E-state index in [4.69, 9.17) is 10.5 Å². The Morgan fingerprint density at radius 3 is 2.02 bits per heavy atom. The molecule has 210 valence electrons. The molecule has 0 bridgehead atoms. The Labute approximate surface area is 239 Å². The van der Waals surface area contributed by atoms with Crippen molar-refractivity contribution in [1.29, 1.82) is 0 Å². The van der Waals surface area contributed by atoms with Gasteiger partial charge >= 0.3 is 0 Å². The lowest BCUT2D eigenvalue weighted by atomic mass is 9.96. The summed E-state index contributed by atoms with van der Waals surface area (Å²) in [5.41, 5.74) is 9.78. The Morgan fingerprint density at radius 1 is 0.756 bits per heavy atom. The Balaban J connectivity index is 1.29. The van der Waals surface area contributed by atoms with Gasteiger partial charge in [-0.05, 0) is 84.5 Å². The third-order valence-electron chi connectivity index (χ3n) is 7.33. The zero-order valence-corrected chi connectivity index (χ0v) is 22.8. The molecule has 0 unspecified atom stereocenters. The number of nitrogens with two attached hydrogens (primary N) is 1. The highest BCUT2D eigenvalue weighted by Crippen LogP contribution is 2.25. The molecule has 6 nitrogen and oxygen atoms in total. The number of rotatable bonds is 11. The van der Waals surface area contributed by atoms with Crippen LogP contribution < -0.4 is 15.8 Å². The first kappa shape index (κ1) is 28.1. The van der Waals surface area contributed by atoms with Crippen molar-refractivity contribution >= 4 is 11.8 Å². The van der Waals surface area contributed by atoms with Gasteiger partial charge in [0.15, 0.2) is 0 Å². The number of unbranched alkanes of at least 4 members (excludes halogenated alkanes) is 1. The van der Waals surface area contributed by atoms with E-state index in [9.17, 15) is 14.0 Å². The van der Waals surface area contributed by atoms with E-state index in [1.165, 1.54) is 12.1 Å². The van der Waals surface area contributed by atoms with Gasteiger partial charge < -0.3 is 20.7 Å². The van der Waals surface area contributed by atoms with E-state index in [0.717, 1.165) is 35.1 Å². The highest BCUT2D eigenvalue weighted by Gasteiger charge is 2.40. The van der Waals surface area contributed by atoms with E-state index < -0.39 is 12.1 Å². The summed E-state index contributed by atoms with van der Waals surface area (Å²) in [7, 11) is 0. The summed E-state index contributed by atoms with van der Waals surface area (Å²) < 4.78 is 18.9. The number of amides is 2. The maximum Gasteiger partial charge on any atom is 0.246 e. The normalized spacial score (nSPS) is 16.9. The molecule has 0 aliphatic carbocycles. The number of piperazine rings is 1. The topological polar surface area (TPSA) is 84.7 Å². The summed E-state index contributed by atoms with van der Waals surface area (Å²) in [6.45, 7) is 0.905. The van der Waals surface area contributed by atoms with Gasteiger partial charge in [-0.15, -0.1) is 0 Å². The second kappa shape index (κ2) is 13.2. The lowest BCUT2D eigenvalue weighted by molar-refractivity contribution is -0.150. The molecule has 5 rings (SSSR count). The molecule has 0 radical (unpaired) electrons. The molecule has 0 saturated carbocycles. The number of hydrogen-bond acceptors (Lipinski definition) is 4. The van der Waals surface area contributed by atoms with Crippen LogP contribution in [0.5, 0.6) is 11.5 Å². The molecule has 0 aromatic heterocycles. The molecule has 0 spiro atoms. The molecule has 1 fully saturated rings. The van der Waals surface area contributed by atoms with Crippen LogP contribution in [-0.4, -0.2) is 35.3 Å². The van der Waals surface area contributed by atoms with E-state index in [1.807, 2.05) is 42.5 Å². The van der Waals surface area contributed by atoms with Crippen molar-refractivity contribution < 1.29 is 18.7 Å². The van der Waals surface area contributed by atoms with Crippen molar-refractivity contribution in [2.24, 2.45) is 5.73 Å². The average Bonchev–Trinajstić information content (AvgIpc) is 3.00. The maximum absolute atomic E-state index is 13.8. The smallest absolute Gasteiger partial charge is 0.246 e. The molecule has 1 heterocycles. The van der Waals surface area contributed by atoms with Gasteiger partial charge in [0.2, 0.25) is 11.8 Å². The monoisotopic (exact) mass is 551 g/mol. The number of halogens is 1. The number of carbonyl (C=O) groups excluding carboxylic acids is 2. The lowest BCUT2D eigenvalue weighted by Crippen LogP contribution is -2.63. The van der Waals surface area contributed by atoms with Crippen LogP contribution in [0.2, 0.25) is 0 Å². The van der Waals surface area contributed by atoms with E-state index in [-0.39, 0.29) is 17.6 Å². The first-order valence-corrected chi connectivity index (χ1v) is 14.0. The minimum absolute atomic E-state index is 0.0962. The van der Waals surface area contributed by atoms with Gasteiger partial charge in [0.05, 0.1) is 0 Å². The molecule has 1 saturated heterocycles. The minimum atomic E-state index is -0.666. The Kier molecular flexibility index (Phi) is 9.06. The predicted molar refractivity (Wildman–Crippen MR) is 158 cm³/mol. The first-order chi connectivity index (χ1) is 20.0. The number of carbonyl (C=O) groups is 2. The fourth-order valence-corrected chi connectivity index (χ4v) is 5.12. The van der Waals surface area contributed by atoms with Gasteiger partial charge in [0.25, 0.3) is 0 Å². The molecule has 41 heavy (non-hydrogen) atoms. The second-order valence-electron chi connectivity index (χ2n) is 10.3. The van der Waals surface area contributed by atoms with E-state index >= 15 is 0 Å². The summed E-state index contributed by atoms with van der Waals surface area (Å²) in [5, 5.41) is 2.97. The number of nitrogens with one attached hydrogen (secondary N) is 1. The van der Waals surface area contributed by atoms with Crippen LogP contribution in [0.15, 0.2) is 103 Å². The third-order valence-corrected chi connectivity index (χ3v) is 7.33. The minimum Gasteiger partial charge on any atom is -0.457 e. The zero-order valence-electron chi connectivity index (χ0n) is 22.8. The summed E-state index contributed by atoms with van der Waals surface area (Å²) >= 11 is 0. The summed E-state index contributed by atoms with van der Waals surface area (Å²) in [4.78, 5) is 28.8. The van der Waals surface area contributed by atoms with Crippen molar-refractivity contribution in [3.8, 4) is 22.6 Å². The quantitative estimate of drug-likeness (QED) is 0.229. The van der Waals surface area contributed by atoms with E-state index in [0.29, 0.717) is 37.4 Å². The molecular formula is C34H34FN3O3. The van der Waals surface area contributed by atoms with Gasteiger partial charge in [0, 0.05) is 13.0 Å². The second-order valence-corrected chi connectivity index (χ2v) is 10.3. The number of ether oxygens (including phenoxy) is 1. The van der Waals surface area contributed by atoms with Crippen LogP contribution >= 0.6 is 0 Å². The van der Waals surface area contributed by atoms with E-state index in [1.54, 1.807) is 29.2 Å². The molecule has 4 aromatic carbocycles. The highest BCUT2D eigenvalue weighted by atomic mass is 19.1. The van der Waals surface area contributed by atoms with Gasteiger partial charge in [0.1, 0.15) is 29.4 Å². The Morgan fingerprint density at radius 2 is 1.37 bits per heavy atom. The molecule has 2 atom stereocenters. The van der Waals surface area contributed by atoms with Crippen molar-refractivity contribution in [3.63, 3.8) is 0 Å². The van der Waals surface area contributed by atoms with Gasteiger partial charge in [-0.1, -0.05) is 66.7 Å². The van der Waals surface area contributed by atoms with Crippen LogP contribution in [0.25, 0.3) is 11.1 Å². The largest absolute Gasteiger partial charge is 0.457 e. The lowest BCUT2D eigenvalue weighted by Gasteiger charge is -2.39. The zero-order chi connectivity index (χ0) is 28.6. The van der Waals surface area contributed by atoms with Gasteiger partial charge in [-0.25, -0.2) is 4.39 Å². The van der Waals surface area contributed by atoms with Crippen molar-refractivity contribution in [1.82, 2.24) is 10.2 Å². The van der Waals surface area contributed by atoms with Crippen LogP contribution in [0.1, 0.15) is 30.4 Å². The summed E-state index contributed by atoms with van der Waals surface area (Å²) in [5.74, 6) is 0.568. The van der Waals surface area contributed by atoms with Crippen LogP contribution in [0.4, 0.5) is 4.39 Å².